The summed E-state index contributed by atoms with van der Waals surface area (Å²) in [7, 11) is 0. The molecule has 1 aliphatic carbocycles. The van der Waals surface area contributed by atoms with E-state index in [9.17, 15) is 0 Å². The highest BCUT2D eigenvalue weighted by Gasteiger charge is 2.39. The Balaban J connectivity index is 2.82. The molecule has 0 aromatic rings. The summed E-state index contributed by atoms with van der Waals surface area (Å²) in [5.41, 5.74) is 2.97. The second-order valence-corrected chi connectivity index (χ2v) is 6.53. The fourth-order valence-electron chi connectivity index (χ4n) is 2.46. The Hall–Kier alpha value is -0.300. The summed E-state index contributed by atoms with van der Waals surface area (Å²) in [5, 5.41) is 0. The molecule has 0 amide bonds. The van der Waals surface area contributed by atoms with Crippen LogP contribution in [0.25, 0.3) is 0 Å². The van der Waals surface area contributed by atoms with Crippen molar-refractivity contribution in [2.45, 2.75) is 44.9 Å². The van der Waals surface area contributed by atoms with E-state index in [1.54, 1.807) is 0 Å². The lowest BCUT2D eigenvalue weighted by Crippen LogP contribution is -2.37. The van der Waals surface area contributed by atoms with Crippen molar-refractivity contribution in [1.29, 1.82) is 0 Å². The molecule has 0 N–H and O–H groups in total. The van der Waals surface area contributed by atoms with Crippen molar-refractivity contribution in [2.24, 2.45) is 11.3 Å². The predicted molar refractivity (Wildman–Crippen MR) is 76.9 cm³/mol. The Kier molecular flexibility index (Phi) is 4.61. The maximum absolute atomic E-state index is 4.25. The van der Waals surface area contributed by atoms with E-state index >= 15 is 0 Å². The van der Waals surface area contributed by atoms with Gasteiger partial charge in [-0.3, -0.25) is 0 Å². The van der Waals surface area contributed by atoms with Crippen LogP contribution in [-0.2, 0) is 0 Å². The predicted octanol–water partition coefficient (Wildman–Crippen LogP) is 5.26. The van der Waals surface area contributed by atoms with Gasteiger partial charge in [0.05, 0.1) is 0 Å². The molecule has 0 radical (unpaired) electrons. The highest BCUT2D eigenvalue weighted by Crippen LogP contribution is 2.48. The molecule has 1 saturated carbocycles. The first-order valence-electron chi connectivity index (χ1n) is 6.00. The first kappa shape index (κ1) is 13.8. The molecule has 1 aliphatic rings. The number of allylic oxidation sites excluding steroid dienone is 4. The lowest BCUT2D eigenvalue weighted by molar-refractivity contribution is 0.205. The van der Waals surface area contributed by atoms with Gasteiger partial charge in [-0.2, -0.15) is 0 Å². The average molecular weight is 283 g/mol. The van der Waals surface area contributed by atoms with Gasteiger partial charge in [0.15, 0.2) is 0 Å². The van der Waals surface area contributed by atoms with Crippen molar-refractivity contribution < 1.29 is 0 Å². The van der Waals surface area contributed by atoms with Crippen molar-refractivity contribution in [1.82, 2.24) is 0 Å². The lowest BCUT2D eigenvalue weighted by atomic mass is 9.65. The maximum atomic E-state index is 4.25. The Morgan fingerprint density at radius 2 is 2.19 bits per heavy atom. The number of rotatable bonds is 3. The molecular formula is C15H23Br. The molecule has 0 spiro atoms. The van der Waals surface area contributed by atoms with E-state index in [2.05, 4.69) is 55.9 Å². The summed E-state index contributed by atoms with van der Waals surface area (Å²) >= 11 is 3.82. The van der Waals surface area contributed by atoms with E-state index in [4.69, 9.17) is 0 Å². The molecule has 0 heterocycles. The summed E-state index contributed by atoms with van der Waals surface area (Å²) in [6, 6.07) is 0. The number of hydrogen-bond acceptors (Lipinski definition) is 0. The van der Waals surface area contributed by atoms with Crippen molar-refractivity contribution in [3.63, 3.8) is 0 Å². The smallest absolute Gasteiger partial charge is 0.0205 e. The van der Waals surface area contributed by atoms with Gasteiger partial charge in [0, 0.05) is 4.83 Å². The molecule has 0 aliphatic heterocycles. The zero-order valence-electron chi connectivity index (χ0n) is 10.7. The molecule has 90 valence electrons. The number of halogens is 1. The first-order chi connectivity index (χ1) is 7.39. The fraction of sp³-hybridized carbons (Fsp3) is 0.600. The normalized spacial score (nSPS) is 30.2. The minimum atomic E-state index is 0.299. The Labute approximate surface area is 109 Å². The Bertz CT molecular complexity index is 309. The largest absolute Gasteiger partial charge is 0.0995 e. The minimum absolute atomic E-state index is 0.299. The van der Waals surface area contributed by atoms with Gasteiger partial charge in [0.1, 0.15) is 0 Å². The number of alkyl halides is 1. The summed E-state index contributed by atoms with van der Waals surface area (Å²) < 4.78 is 0. The van der Waals surface area contributed by atoms with Crippen LogP contribution in [0.15, 0.2) is 36.5 Å². The molecule has 0 aromatic carbocycles. The zero-order chi connectivity index (χ0) is 12.3. The van der Waals surface area contributed by atoms with E-state index in [1.165, 1.54) is 17.6 Å². The summed E-state index contributed by atoms with van der Waals surface area (Å²) in [5.74, 6) is 0.584. The van der Waals surface area contributed by atoms with Crippen molar-refractivity contribution in [2.75, 3.05) is 0 Å². The van der Waals surface area contributed by atoms with Crippen molar-refractivity contribution >= 4 is 15.9 Å². The van der Waals surface area contributed by atoms with Gasteiger partial charge in [-0.15, -0.1) is 0 Å². The van der Waals surface area contributed by atoms with Crippen LogP contribution in [0.4, 0.5) is 0 Å². The standard InChI is InChI=1S/C15H23Br/c1-6-11(2)7-9-13-12(3)8-10-14(16)15(13,4)5/h6-7,13-14H,1,3,8-10H2,2,4-5H3/b11-7-/t13-,14+/m1/s1. The molecule has 16 heavy (non-hydrogen) atoms. The van der Waals surface area contributed by atoms with E-state index in [-0.39, 0.29) is 0 Å². The maximum Gasteiger partial charge on any atom is 0.0205 e. The second kappa shape index (κ2) is 5.35. The van der Waals surface area contributed by atoms with Crippen molar-refractivity contribution in [3.8, 4) is 0 Å². The van der Waals surface area contributed by atoms with Gasteiger partial charge >= 0.3 is 0 Å². The molecule has 1 heteroatoms. The second-order valence-electron chi connectivity index (χ2n) is 5.43. The first-order valence-corrected chi connectivity index (χ1v) is 6.92. The van der Waals surface area contributed by atoms with Gasteiger partial charge < -0.3 is 0 Å². The molecule has 0 nitrogen and oxygen atoms in total. The van der Waals surface area contributed by atoms with E-state index in [1.807, 2.05) is 6.08 Å². The summed E-state index contributed by atoms with van der Waals surface area (Å²) in [6.07, 6.45) is 7.67. The Morgan fingerprint density at radius 3 is 2.75 bits per heavy atom. The quantitative estimate of drug-likeness (QED) is 0.376. The third-order valence-electron chi connectivity index (χ3n) is 3.91. The van der Waals surface area contributed by atoms with E-state index in [0.29, 0.717) is 16.2 Å². The van der Waals surface area contributed by atoms with Crippen LogP contribution in [0.3, 0.4) is 0 Å². The molecule has 2 atom stereocenters. The zero-order valence-corrected chi connectivity index (χ0v) is 12.3. The topological polar surface area (TPSA) is 0 Å². The van der Waals surface area contributed by atoms with E-state index in [0.717, 1.165) is 12.8 Å². The van der Waals surface area contributed by atoms with Crippen LogP contribution in [0.1, 0.15) is 40.0 Å². The van der Waals surface area contributed by atoms with Crippen LogP contribution in [-0.4, -0.2) is 4.83 Å². The summed E-state index contributed by atoms with van der Waals surface area (Å²) in [4.78, 5) is 0.605. The minimum Gasteiger partial charge on any atom is -0.0995 e. The van der Waals surface area contributed by atoms with Crippen LogP contribution in [0.5, 0.6) is 0 Å². The molecule has 1 fully saturated rings. The monoisotopic (exact) mass is 282 g/mol. The fourth-order valence-corrected chi connectivity index (χ4v) is 3.01. The van der Waals surface area contributed by atoms with Crippen LogP contribution in [0, 0.1) is 11.3 Å². The Morgan fingerprint density at radius 1 is 1.56 bits per heavy atom. The molecule has 0 aromatic heterocycles. The molecular weight excluding hydrogens is 260 g/mol. The molecule has 0 saturated heterocycles. The van der Waals surface area contributed by atoms with Crippen LogP contribution in [0.2, 0.25) is 0 Å². The highest BCUT2D eigenvalue weighted by atomic mass is 79.9. The van der Waals surface area contributed by atoms with Gasteiger partial charge in [-0.05, 0) is 37.5 Å². The van der Waals surface area contributed by atoms with Crippen LogP contribution >= 0.6 is 15.9 Å². The van der Waals surface area contributed by atoms with Crippen LogP contribution < -0.4 is 0 Å². The number of hydrogen-bond donors (Lipinski definition) is 0. The lowest BCUT2D eigenvalue weighted by Gasteiger charge is -2.44. The van der Waals surface area contributed by atoms with Gasteiger partial charge in [0.25, 0.3) is 0 Å². The van der Waals surface area contributed by atoms with Gasteiger partial charge in [-0.1, -0.05) is 66.2 Å². The summed E-state index contributed by atoms with van der Waals surface area (Å²) in [6.45, 7) is 14.8. The average Bonchev–Trinajstić information content (AvgIpc) is 2.23. The molecule has 0 bridgehead atoms. The third kappa shape index (κ3) is 2.88. The van der Waals surface area contributed by atoms with Gasteiger partial charge in [0.2, 0.25) is 0 Å². The van der Waals surface area contributed by atoms with Gasteiger partial charge in [-0.25, -0.2) is 0 Å². The highest BCUT2D eigenvalue weighted by molar-refractivity contribution is 9.09. The molecule has 0 unspecified atom stereocenters. The van der Waals surface area contributed by atoms with Crippen molar-refractivity contribution in [3.05, 3.63) is 36.5 Å². The SMILES string of the molecule is C=C/C(C)=C\C[C@@H]1C(=C)CC[C@H](Br)C1(C)C. The third-order valence-corrected chi connectivity index (χ3v) is 5.55. The van der Waals surface area contributed by atoms with E-state index < -0.39 is 0 Å². The molecule has 1 rings (SSSR count).